The third kappa shape index (κ3) is 22.1. The van der Waals surface area contributed by atoms with Crippen LogP contribution in [-0.4, -0.2) is 153 Å². The van der Waals surface area contributed by atoms with Crippen LogP contribution >= 0.6 is 46.6 Å². The van der Waals surface area contributed by atoms with Crippen LogP contribution < -0.4 is 20.5 Å². The van der Waals surface area contributed by atoms with Crippen molar-refractivity contribution in [2.24, 2.45) is 0 Å². The summed E-state index contributed by atoms with van der Waals surface area (Å²) in [7, 11) is 1.94. The fourth-order valence-corrected chi connectivity index (χ4v) is 14.6. The van der Waals surface area contributed by atoms with Gasteiger partial charge in [-0.25, -0.2) is 0 Å². The summed E-state index contributed by atoms with van der Waals surface area (Å²) in [4.78, 5) is 49.0. The molecule has 0 radical (unpaired) electrons. The number of nitro groups is 1. The number of likely N-dealkylation sites (tertiary alicyclic amines) is 2. The number of anilines is 1. The molecule has 4 aliphatic rings. The Morgan fingerprint density at radius 1 is 0.620 bits per heavy atom. The van der Waals surface area contributed by atoms with E-state index in [4.69, 9.17) is 48.4 Å². The van der Waals surface area contributed by atoms with E-state index >= 15 is 0 Å². The summed E-state index contributed by atoms with van der Waals surface area (Å²) < 4.78 is 16.5. The van der Waals surface area contributed by atoms with Crippen LogP contribution in [0, 0.1) is 10.1 Å². The number of hydrogen-bond donors (Lipinski definition) is 4. The van der Waals surface area contributed by atoms with Gasteiger partial charge in [0.25, 0.3) is 5.69 Å². The van der Waals surface area contributed by atoms with Crippen molar-refractivity contribution in [2.45, 2.75) is 110 Å². The number of unbranched alkanes of at least 4 members (excludes halogenated alkanes) is 1. The minimum absolute atomic E-state index is 0.0155. The Morgan fingerprint density at radius 2 is 1.28 bits per heavy atom. The Morgan fingerprint density at radius 3 is 2.01 bits per heavy atom. The molecule has 4 N–H and O–H groups in total. The van der Waals surface area contributed by atoms with Crippen molar-refractivity contribution in [3.05, 3.63) is 219 Å². The molecule has 2 aromatic heterocycles. The quantitative estimate of drug-likeness (QED) is 0.0464. The van der Waals surface area contributed by atoms with Gasteiger partial charge in [-0.1, -0.05) is 128 Å². The van der Waals surface area contributed by atoms with Crippen LogP contribution in [0.15, 0.2) is 164 Å². The van der Waals surface area contributed by atoms with Gasteiger partial charge in [-0.05, 0) is 144 Å². The van der Waals surface area contributed by atoms with Crippen molar-refractivity contribution in [3.63, 3.8) is 0 Å². The smallest absolute Gasteiger partial charge is 0.270 e. The number of phenolic OH excluding ortho intramolecular Hbond substituents is 3. The molecule has 18 nitrogen and oxygen atoms in total. The van der Waals surface area contributed by atoms with Crippen LogP contribution in [0.2, 0.25) is 15.1 Å². The maximum absolute atomic E-state index is 12.5. The molecule has 1 atom stereocenters. The van der Waals surface area contributed by atoms with Crippen molar-refractivity contribution in [3.8, 4) is 23.0 Å². The zero-order chi connectivity index (χ0) is 70.9. The number of halogens is 3. The van der Waals surface area contributed by atoms with Gasteiger partial charge in [0.2, 0.25) is 0 Å². The lowest BCUT2D eigenvalue weighted by molar-refractivity contribution is -0.385. The summed E-state index contributed by atoms with van der Waals surface area (Å²) in [5.41, 5.74) is 6.06. The molecule has 0 bridgehead atoms. The van der Waals surface area contributed by atoms with Crippen LogP contribution in [0.4, 0.5) is 11.4 Å². The normalized spacial score (nSPS) is 16.3. The number of aromatic hydroxyl groups is 3. The van der Waals surface area contributed by atoms with Crippen molar-refractivity contribution >= 4 is 90.7 Å². The lowest BCUT2D eigenvalue weighted by Crippen LogP contribution is -2.45. The number of nitro benzene ring substituents is 1. The molecule has 6 heterocycles. The number of phenols is 3. The molecule has 0 amide bonds. The summed E-state index contributed by atoms with van der Waals surface area (Å²) in [6, 6.07) is 41.0. The van der Waals surface area contributed by atoms with Gasteiger partial charge in [-0.2, -0.15) is 11.8 Å². The number of aliphatic hydroxyl groups is 1. The Hall–Kier alpha value is -7.40. The van der Waals surface area contributed by atoms with Gasteiger partial charge in [-0.15, -0.1) is 0 Å². The molecule has 22 heteroatoms. The number of para-hydroxylation sites is 2. The lowest BCUT2D eigenvalue weighted by Gasteiger charge is -2.36. The molecule has 4 fully saturated rings. The standard InChI is InChI=1S/C21H22N2O.C16H18ClNO3.C15H23NO2.C14H13Cl2NO2S.C12H18N2O3/c24-21-11-10-17-6-4-5-9-19(17)20(21)16-22-12-14-23(15-13-22)18-7-2-1-3-8-18;17-12-4-5-15-14(7-12)16(20)11(10-21-15)8-18-6-2-1-3-13(18)9-19;1-2-18-14-9-7-8-13(15(14)17)12-16-10-5-3-4-6-11-16;15-10-5-11-13(18)9(7-17-1-3-20-4-2-17)8-19-14(11)12(16)6-10;1-3-4-7-13(2)9-10-8-11(14(16)17)5-6-12(10)15/h1-11,24H,12-16H2;4-5,7,10,13,19H,1-3,6,8-9H2;7-9,17H,2-6,10-12H2,1H3;5-6,8H,1-4,7H2;5-6,8,15H,3-4,7,9H2,1-2H3. The number of ether oxygens (including phenoxy) is 1. The first-order chi connectivity index (χ1) is 48.5. The number of piperazine rings is 1. The average molecular weight is 1440 g/mol. The average Bonchev–Trinajstić information content (AvgIpc) is 0.846. The van der Waals surface area contributed by atoms with Crippen LogP contribution in [0.25, 0.3) is 32.7 Å². The topological polar surface area (TPSA) is 213 Å². The predicted molar refractivity (Wildman–Crippen MR) is 406 cm³/mol. The van der Waals surface area contributed by atoms with Gasteiger partial charge >= 0.3 is 0 Å². The van der Waals surface area contributed by atoms with Crippen molar-refractivity contribution in [1.29, 1.82) is 0 Å². The molecule has 9 aromatic rings. The van der Waals surface area contributed by atoms with E-state index < -0.39 is 4.92 Å². The second-order valence-electron chi connectivity index (χ2n) is 25.7. The van der Waals surface area contributed by atoms with E-state index in [1.165, 1.54) is 67.5 Å². The summed E-state index contributed by atoms with van der Waals surface area (Å²) in [5, 5.41) is 54.9. The largest absolute Gasteiger partial charge is 0.508 e. The molecule has 100 heavy (non-hydrogen) atoms. The van der Waals surface area contributed by atoms with Crippen LogP contribution in [0.5, 0.6) is 23.0 Å². The van der Waals surface area contributed by atoms with Crippen LogP contribution in [0.3, 0.4) is 0 Å². The van der Waals surface area contributed by atoms with Crippen LogP contribution in [-0.2, 0) is 32.7 Å². The number of nitrogens with zero attached hydrogens (tertiary/aromatic N) is 7. The fraction of sp³-hybridized carbons (Fsp3) is 0.410. The highest BCUT2D eigenvalue weighted by Crippen LogP contribution is 2.33. The first kappa shape index (κ1) is 76.8. The molecule has 1 unspecified atom stereocenters. The second-order valence-corrected chi connectivity index (χ2v) is 28.2. The molecular weight excluding hydrogens is 1350 g/mol. The van der Waals surface area contributed by atoms with E-state index in [-0.39, 0.29) is 34.9 Å². The predicted octanol–water partition coefficient (Wildman–Crippen LogP) is 16.0. The monoisotopic (exact) mass is 1440 g/mol. The third-order valence-corrected chi connectivity index (χ3v) is 20.2. The molecule has 0 saturated carbocycles. The molecular formula is C78H94Cl3N7O11S. The number of hydrogen-bond acceptors (Lipinski definition) is 18. The highest BCUT2D eigenvalue weighted by atomic mass is 35.5. The zero-order valence-corrected chi connectivity index (χ0v) is 60.6. The molecule has 4 aliphatic heterocycles. The molecule has 534 valence electrons. The maximum atomic E-state index is 12.5. The maximum Gasteiger partial charge on any atom is 0.270 e. The van der Waals surface area contributed by atoms with Crippen molar-refractivity contribution < 1.29 is 38.9 Å². The number of thioether (sulfide) groups is 1. The minimum atomic E-state index is -0.449. The van der Waals surface area contributed by atoms with Gasteiger partial charge < -0.3 is 43.8 Å². The zero-order valence-electron chi connectivity index (χ0n) is 57.6. The fourth-order valence-electron chi connectivity index (χ4n) is 12.9. The van der Waals surface area contributed by atoms with E-state index in [2.05, 4.69) is 73.9 Å². The Balaban J connectivity index is 0.000000147. The number of piperidine rings is 1. The molecule has 4 saturated heterocycles. The molecule has 13 rings (SSSR count). The van der Waals surface area contributed by atoms with Gasteiger partial charge in [0.1, 0.15) is 17.1 Å². The highest BCUT2D eigenvalue weighted by molar-refractivity contribution is 7.99. The third-order valence-electron chi connectivity index (χ3n) is 18.5. The van der Waals surface area contributed by atoms with Gasteiger partial charge in [0, 0.05) is 145 Å². The van der Waals surface area contributed by atoms with E-state index in [0.717, 1.165) is 139 Å². The van der Waals surface area contributed by atoms with E-state index in [9.17, 15) is 40.1 Å². The lowest BCUT2D eigenvalue weighted by atomic mass is 10.0. The molecule has 0 spiro atoms. The van der Waals surface area contributed by atoms with Crippen molar-refractivity contribution in [2.75, 3.05) is 102 Å². The molecule has 7 aromatic carbocycles. The van der Waals surface area contributed by atoms with E-state index in [0.29, 0.717) is 97.2 Å². The summed E-state index contributed by atoms with van der Waals surface area (Å²) >= 11 is 19.9. The number of rotatable bonds is 18. The van der Waals surface area contributed by atoms with Gasteiger partial charge in [-0.3, -0.25) is 39.3 Å². The SMILES string of the molecule is CCCCN(C)Cc1cc([N+](=O)[O-])ccc1O.CCOc1cccc(CN2CCCCCC2)c1O.O=c1c(CN2CCCCC2CO)coc2ccc(Cl)cc12.O=c1c(CN2CCSCC2)coc2c(Cl)cc(Cl)cc12.Oc1ccc2ccccc2c1CN1CCN(c2ccccc2)CC1. The Labute approximate surface area is 605 Å². The summed E-state index contributed by atoms with van der Waals surface area (Å²) in [5.74, 6) is 3.64. The molecule has 0 aliphatic carbocycles. The van der Waals surface area contributed by atoms with E-state index in [1.807, 2.05) is 73.1 Å². The summed E-state index contributed by atoms with van der Waals surface area (Å²) in [6.07, 6.45) is 13.6. The second kappa shape index (κ2) is 39.1. The first-order valence-electron chi connectivity index (χ1n) is 34.8. The first-order valence-corrected chi connectivity index (χ1v) is 37.1. The number of non-ortho nitro benzene ring substituents is 1. The van der Waals surface area contributed by atoms with E-state index in [1.54, 1.807) is 30.3 Å². The van der Waals surface area contributed by atoms with Crippen molar-refractivity contribution in [1.82, 2.24) is 24.5 Å². The minimum Gasteiger partial charge on any atom is -0.508 e. The van der Waals surface area contributed by atoms with Gasteiger partial charge in [0.15, 0.2) is 27.9 Å². The van der Waals surface area contributed by atoms with Crippen LogP contribution in [0.1, 0.15) is 99.5 Å². The Bertz CT molecular complexity index is 4200. The Kier molecular flexibility index (Phi) is 30.0. The highest BCUT2D eigenvalue weighted by Gasteiger charge is 2.25. The number of benzene rings is 7. The number of aliphatic hydroxyl groups excluding tert-OH is 1. The number of fused-ring (bicyclic) bond motifs is 3. The van der Waals surface area contributed by atoms with Gasteiger partial charge in [0.05, 0.1) is 46.5 Å². The summed E-state index contributed by atoms with van der Waals surface area (Å²) in [6.45, 7) is 18.2.